The molecule has 0 N–H and O–H groups in total. The Bertz CT molecular complexity index is 875. The van der Waals surface area contributed by atoms with Gasteiger partial charge in [-0.05, 0) is 23.3 Å². The molecule has 1 aromatic heterocycles. The van der Waals surface area contributed by atoms with E-state index in [1.54, 1.807) is 0 Å². The number of allylic oxidation sites excluding steroid dienone is 2. The summed E-state index contributed by atoms with van der Waals surface area (Å²) in [5.41, 5.74) is 2.81. The van der Waals surface area contributed by atoms with E-state index in [1.807, 2.05) is 11.3 Å². The van der Waals surface area contributed by atoms with Crippen LogP contribution in [0.25, 0.3) is 32.3 Å². The molecule has 2 aromatic carbocycles. The van der Waals surface area contributed by atoms with Crippen molar-refractivity contribution in [1.29, 1.82) is 0 Å². The molecule has 98 valence electrons. The molecule has 0 amide bonds. The molecule has 0 saturated carbocycles. The SMILES string of the molecule is CC1(C)C=Cc2ccc3sc4ccccc4c3c2C=C1. The smallest absolute Gasteiger partial charge is 0.0361 e. The predicted molar refractivity (Wildman–Crippen MR) is 91.2 cm³/mol. The van der Waals surface area contributed by atoms with Crippen molar-refractivity contribution in [3.63, 3.8) is 0 Å². The van der Waals surface area contributed by atoms with Gasteiger partial charge in [-0.1, -0.05) is 62.4 Å². The summed E-state index contributed by atoms with van der Waals surface area (Å²) in [6.45, 7) is 4.49. The van der Waals surface area contributed by atoms with Crippen LogP contribution >= 0.6 is 11.3 Å². The van der Waals surface area contributed by atoms with Crippen molar-refractivity contribution in [2.24, 2.45) is 5.41 Å². The first kappa shape index (κ1) is 11.9. The Hall–Kier alpha value is -1.86. The van der Waals surface area contributed by atoms with Gasteiger partial charge in [-0.3, -0.25) is 0 Å². The molecule has 0 nitrogen and oxygen atoms in total. The van der Waals surface area contributed by atoms with E-state index in [0.717, 1.165) is 0 Å². The molecular weight excluding hydrogens is 260 g/mol. The molecule has 4 rings (SSSR count). The van der Waals surface area contributed by atoms with E-state index in [1.165, 1.54) is 31.3 Å². The third-order valence-electron chi connectivity index (χ3n) is 3.99. The Balaban J connectivity index is 2.15. The zero-order valence-electron chi connectivity index (χ0n) is 11.7. The second-order valence-corrected chi connectivity index (χ2v) is 7.11. The van der Waals surface area contributed by atoms with Gasteiger partial charge in [0.15, 0.2) is 0 Å². The summed E-state index contributed by atoms with van der Waals surface area (Å²) in [6.07, 6.45) is 9.16. The van der Waals surface area contributed by atoms with Crippen LogP contribution in [-0.2, 0) is 0 Å². The fourth-order valence-electron chi connectivity index (χ4n) is 2.84. The first-order valence-electron chi connectivity index (χ1n) is 6.97. The molecular formula is C19H16S. The van der Waals surface area contributed by atoms with E-state index >= 15 is 0 Å². The summed E-state index contributed by atoms with van der Waals surface area (Å²) < 4.78 is 2.75. The molecule has 20 heavy (non-hydrogen) atoms. The minimum Gasteiger partial charge on any atom is -0.135 e. The Morgan fingerprint density at radius 3 is 2.55 bits per heavy atom. The van der Waals surface area contributed by atoms with E-state index in [0.29, 0.717) is 0 Å². The number of hydrogen-bond donors (Lipinski definition) is 0. The minimum absolute atomic E-state index is 0.122. The third-order valence-corrected chi connectivity index (χ3v) is 5.13. The maximum atomic E-state index is 2.31. The Labute approximate surface area is 123 Å². The molecule has 0 fully saturated rings. The van der Waals surface area contributed by atoms with Crippen molar-refractivity contribution in [3.8, 4) is 0 Å². The molecule has 0 unspecified atom stereocenters. The molecule has 1 aliphatic carbocycles. The van der Waals surface area contributed by atoms with Crippen LogP contribution < -0.4 is 0 Å². The van der Waals surface area contributed by atoms with Gasteiger partial charge < -0.3 is 0 Å². The molecule has 1 heteroatoms. The fraction of sp³-hybridized carbons (Fsp3) is 0.158. The van der Waals surface area contributed by atoms with Crippen LogP contribution in [0.1, 0.15) is 25.0 Å². The van der Waals surface area contributed by atoms with Gasteiger partial charge in [0.2, 0.25) is 0 Å². The number of rotatable bonds is 0. The lowest BCUT2D eigenvalue weighted by Gasteiger charge is -2.12. The van der Waals surface area contributed by atoms with E-state index in [4.69, 9.17) is 0 Å². The second kappa shape index (κ2) is 4.07. The van der Waals surface area contributed by atoms with Crippen LogP contribution in [0.3, 0.4) is 0 Å². The number of thiophene rings is 1. The highest BCUT2D eigenvalue weighted by atomic mass is 32.1. The highest BCUT2D eigenvalue weighted by Gasteiger charge is 2.16. The highest BCUT2D eigenvalue weighted by molar-refractivity contribution is 7.25. The van der Waals surface area contributed by atoms with Crippen molar-refractivity contribution >= 4 is 43.7 Å². The van der Waals surface area contributed by atoms with Gasteiger partial charge >= 0.3 is 0 Å². The third kappa shape index (κ3) is 1.74. The maximum absolute atomic E-state index is 2.31. The van der Waals surface area contributed by atoms with Crippen LogP contribution in [-0.4, -0.2) is 0 Å². The quantitative estimate of drug-likeness (QED) is 0.464. The molecule has 0 bridgehead atoms. The van der Waals surface area contributed by atoms with Crippen molar-refractivity contribution < 1.29 is 0 Å². The van der Waals surface area contributed by atoms with Crippen molar-refractivity contribution in [2.45, 2.75) is 13.8 Å². The lowest BCUT2D eigenvalue weighted by Crippen LogP contribution is -1.99. The van der Waals surface area contributed by atoms with Crippen LogP contribution in [0, 0.1) is 5.41 Å². The first-order chi connectivity index (χ1) is 9.64. The summed E-state index contributed by atoms with van der Waals surface area (Å²) >= 11 is 1.88. The van der Waals surface area contributed by atoms with Crippen LogP contribution in [0.2, 0.25) is 0 Å². The van der Waals surface area contributed by atoms with Gasteiger partial charge in [0.1, 0.15) is 0 Å². The molecule has 3 aromatic rings. The molecule has 0 atom stereocenters. The summed E-state index contributed by atoms with van der Waals surface area (Å²) in [5, 5.41) is 2.78. The molecule has 0 spiro atoms. The van der Waals surface area contributed by atoms with Crippen LogP contribution in [0.5, 0.6) is 0 Å². The average Bonchev–Trinajstić information content (AvgIpc) is 2.74. The molecule has 1 aliphatic rings. The van der Waals surface area contributed by atoms with E-state index in [2.05, 4.69) is 74.5 Å². The largest absolute Gasteiger partial charge is 0.135 e. The number of fused-ring (bicyclic) bond motifs is 5. The topological polar surface area (TPSA) is 0 Å². The number of benzene rings is 2. The molecule has 1 heterocycles. The van der Waals surface area contributed by atoms with Crippen LogP contribution in [0.4, 0.5) is 0 Å². The molecule has 0 saturated heterocycles. The Morgan fingerprint density at radius 2 is 1.65 bits per heavy atom. The summed E-state index contributed by atoms with van der Waals surface area (Å²) in [7, 11) is 0. The van der Waals surface area contributed by atoms with Gasteiger partial charge in [-0.25, -0.2) is 0 Å². The predicted octanol–water partition coefficient (Wildman–Crippen LogP) is 6.12. The molecule has 0 aliphatic heterocycles. The number of hydrogen-bond acceptors (Lipinski definition) is 1. The Morgan fingerprint density at radius 1 is 0.850 bits per heavy atom. The molecule has 0 radical (unpaired) electrons. The van der Waals surface area contributed by atoms with Gasteiger partial charge in [0.25, 0.3) is 0 Å². The van der Waals surface area contributed by atoms with Crippen molar-refractivity contribution in [3.05, 3.63) is 59.7 Å². The normalized spacial score (nSPS) is 16.5. The summed E-state index contributed by atoms with van der Waals surface area (Å²) in [6, 6.07) is 13.2. The van der Waals surface area contributed by atoms with Gasteiger partial charge in [0.05, 0.1) is 0 Å². The minimum atomic E-state index is 0.122. The van der Waals surface area contributed by atoms with E-state index in [9.17, 15) is 0 Å². The lowest BCUT2D eigenvalue weighted by atomic mass is 9.93. The fourth-order valence-corrected chi connectivity index (χ4v) is 3.96. The van der Waals surface area contributed by atoms with Gasteiger partial charge in [-0.2, -0.15) is 0 Å². The van der Waals surface area contributed by atoms with Crippen molar-refractivity contribution in [2.75, 3.05) is 0 Å². The zero-order valence-corrected chi connectivity index (χ0v) is 12.5. The van der Waals surface area contributed by atoms with E-state index in [-0.39, 0.29) is 5.41 Å². The first-order valence-corrected chi connectivity index (χ1v) is 7.78. The van der Waals surface area contributed by atoms with Crippen LogP contribution in [0.15, 0.2) is 48.6 Å². The monoisotopic (exact) mass is 276 g/mol. The van der Waals surface area contributed by atoms with E-state index < -0.39 is 0 Å². The second-order valence-electron chi connectivity index (χ2n) is 6.03. The van der Waals surface area contributed by atoms with Gasteiger partial charge in [0, 0.05) is 25.6 Å². The lowest BCUT2D eigenvalue weighted by molar-refractivity contribution is 0.633. The maximum Gasteiger partial charge on any atom is 0.0361 e. The zero-order chi connectivity index (χ0) is 13.7. The average molecular weight is 276 g/mol. The van der Waals surface area contributed by atoms with Crippen molar-refractivity contribution in [1.82, 2.24) is 0 Å². The Kier molecular flexibility index (Phi) is 2.42. The summed E-state index contributed by atoms with van der Waals surface area (Å²) in [4.78, 5) is 0. The summed E-state index contributed by atoms with van der Waals surface area (Å²) in [5.74, 6) is 0. The standard InChI is InChI=1S/C19H16S/c1-19(2)11-9-13-7-8-17-18(14(13)10-12-19)15-5-3-4-6-16(15)20-17/h3-12H,1-2H3. The highest BCUT2D eigenvalue weighted by Crippen LogP contribution is 2.39. The van der Waals surface area contributed by atoms with Gasteiger partial charge in [-0.15, -0.1) is 11.3 Å².